The van der Waals surface area contributed by atoms with E-state index in [9.17, 15) is 9.59 Å². The minimum Gasteiger partial charge on any atom is -0.326 e. The van der Waals surface area contributed by atoms with Gasteiger partial charge < -0.3 is 10.2 Å². The Bertz CT molecular complexity index is 647. The maximum Gasteiger partial charge on any atom is 0.234 e. The van der Waals surface area contributed by atoms with Crippen molar-refractivity contribution in [2.75, 3.05) is 16.8 Å². The van der Waals surface area contributed by atoms with Crippen LogP contribution in [-0.2, 0) is 16.0 Å². The van der Waals surface area contributed by atoms with E-state index in [1.807, 2.05) is 17.9 Å². The normalized spacial score (nSPS) is 23.8. The molecular formula is C18H22N2O2. The molecule has 3 aliphatic rings. The van der Waals surface area contributed by atoms with Gasteiger partial charge in [0.15, 0.2) is 0 Å². The summed E-state index contributed by atoms with van der Waals surface area (Å²) >= 11 is 0. The molecule has 0 aromatic heterocycles. The fourth-order valence-electron chi connectivity index (χ4n) is 4.20. The first-order valence-electron chi connectivity index (χ1n) is 8.44. The standard InChI is InChI=1S/C18H22N2O2/c1-11-15-10-14(19-17(21)12-5-2-3-6-12)9-13-7-4-8-20(16(13)15)18(11)22/h9-12H,2-8H2,1H3,(H,19,21)/t11-/m1/s1. The first-order valence-corrected chi connectivity index (χ1v) is 8.44. The molecule has 0 radical (unpaired) electrons. The van der Waals surface area contributed by atoms with Gasteiger partial charge in [-0.1, -0.05) is 12.8 Å². The van der Waals surface area contributed by atoms with Gasteiger partial charge in [0.1, 0.15) is 0 Å². The highest BCUT2D eigenvalue weighted by atomic mass is 16.2. The summed E-state index contributed by atoms with van der Waals surface area (Å²) in [6, 6.07) is 4.09. The first-order chi connectivity index (χ1) is 10.6. The van der Waals surface area contributed by atoms with E-state index in [0.717, 1.165) is 62.0 Å². The fraction of sp³-hybridized carbons (Fsp3) is 0.556. The van der Waals surface area contributed by atoms with Crippen LogP contribution in [0.4, 0.5) is 11.4 Å². The third-order valence-corrected chi connectivity index (χ3v) is 5.41. The van der Waals surface area contributed by atoms with Crippen molar-refractivity contribution in [1.29, 1.82) is 0 Å². The van der Waals surface area contributed by atoms with Gasteiger partial charge in [0, 0.05) is 18.2 Å². The number of carbonyl (C=O) groups is 2. The molecular weight excluding hydrogens is 276 g/mol. The molecule has 116 valence electrons. The lowest BCUT2D eigenvalue weighted by Crippen LogP contribution is -2.32. The van der Waals surface area contributed by atoms with E-state index < -0.39 is 0 Å². The molecule has 4 nitrogen and oxygen atoms in total. The highest BCUT2D eigenvalue weighted by molar-refractivity contribution is 6.07. The minimum atomic E-state index is -0.0878. The van der Waals surface area contributed by atoms with Crippen LogP contribution in [0.2, 0.25) is 0 Å². The Morgan fingerprint density at radius 3 is 2.77 bits per heavy atom. The van der Waals surface area contributed by atoms with Gasteiger partial charge in [-0.05, 0) is 55.9 Å². The van der Waals surface area contributed by atoms with Crippen molar-refractivity contribution < 1.29 is 9.59 Å². The molecule has 1 aromatic rings. The van der Waals surface area contributed by atoms with Crippen molar-refractivity contribution in [3.05, 3.63) is 23.3 Å². The van der Waals surface area contributed by atoms with Gasteiger partial charge in [-0.3, -0.25) is 9.59 Å². The van der Waals surface area contributed by atoms with Crippen molar-refractivity contribution in [1.82, 2.24) is 0 Å². The molecule has 1 saturated carbocycles. The number of benzene rings is 1. The Balaban J connectivity index is 1.66. The van der Waals surface area contributed by atoms with Crippen molar-refractivity contribution in [3.8, 4) is 0 Å². The van der Waals surface area contributed by atoms with Gasteiger partial charge >= 0.3 is 0 Å². The highest BCUT2D eigenvalue weighted by Crippen LogP contribution is 2.44. The molecule has 22 heavy (non-hydrogen) atoms. The van der Waals surface area contributed by atoms with Crippen LogP contribution in [0.25, 0.3) is 0 Å². The smallest absolute Gasteiger partial charge is 0.234 e. The molecule has 4 rings (SSSR count). The molecule has 0 unspecified atom stereocenters. The van der Waals surface area contributed by atoms with Crippen LogP contribution in [0.3, 0.4) is 0 Å². The maximum atomic E-state index is 12.4. The number of hydrogen-bond acceptors (Lipinski definition) is 2. The van der Waals surface area contributed by atoms with Crippen molar-refractivity contribution in [2.45, 2.75) is 51.4 Å². The molecule has 2 amide bonds. The molecule has 2 heterocycles. The molecule has 1 fully saturated rings. The van der Waals surface area contributed by atoms with Crippen LogP contribution in [0, 0.1) is 5.92 Å². The van der Waals surface area contributed by atoms with Crippen molar-refractivity contribution >= 4 is 23.2 Å². The molecule has 2 aliphatic heterocycles. The number of amides is 2. The summed E-state index contributed by atoms with van der Waals surface area (Å²) in [5.74, 6) is 0.430. The summed E-state index contributed by atoms with van der Waals surface area (Å²) in [7, 11) is 0. The SMILES string of the molecule is C[C@H]1C(=O)N2CCCc3cc(NC(=O)C4CCCC4)cc1c32. The minimum absolute atomic E-state index is 0.0878. The quantitative estimate of drug-likeness (QED) is 0.911. The number of hydrogen-bond donors (Lipinski definition) is 1. The second kappa shape index (κ2) is 5.11. The molecule has 1 N–H and O–H groups in total. The van der Waals surface area contributed by atoms with Gasteiger partial charge in [-0.15, -0.1) is 0 Å². The summed E-state index contributed by atoms with van der Waals surface area (Å²) in [6.07, 6.45) is 6.33. The summed E-state index contributed by atoms with van der Waals surface area (Å²) in [5, 5.41) is 3.09. The zero-order chi connectivity index (χ0) is 15.3. The molecule has 1 aliphatic carbocycles. The van der Waals surface area contributed by atoms with E-state index in [0.29, 0.717) is 0 Å². The third-order valence-electron chi connectivity index (χ3n) is 5.41. The maximum absolute atomic E-state index is 12.4. The zero-order valence-electron chi connectivity index (χ0n) is 13.0. The predicted octanol–water partition coefficient (Wildman–Crippen LogP) is 3.21. The van der Waals surface area contributed by atoms with Crippen LogP contribution in [0.5, 0.6) is 0 Å². The van der Waals surface area contributed by atoms with Gasteiger partial charge in [0.2, 0.25) is 11.8 Å². The number of rotatable bonds is 2. The van der Waals surface area contributed by atoms with Gasteiger partial charge in [0.05, 0.1) is 11.6 Å². The van der Waals surface area contributed by atoms with Gasteiger partial charge in [-0.2, -0.15) is 0 Å². The predicted molar refractivity (Wildman–Crippen MR) is 86.1 cm³/mol. The summed E-state index contributed by atoms with van der Waals surface area (Å²) in [6.45, 7) is 2.80. The monoisotopic (exact) mass is 298 g/mol. The number of carbonyl (C=O) groups excluding carboxylic acids is 2. The number of aryl methyl sites for hydroxylation is 1. The number of nitrogens with zero attached hydrogens (tertiary/aromatic N) is 1. The Morgan fingerprint density at radius 1 is 1.23 bits per heavy atom. The Kier molecular flexibility index (Phi) is 3.21. The Labute approximate surface area is 130 Å². The molecule has 0 spiro atoms. The van der Waals surface area contributed by atoms with Crippen molar-refractivity contribution in [2.24, 2.45) is 5.92 Å². The van der Waals surface area contributed by atoms with Gasteiger partial charge in [-0.25, -0.2) is 0 Å². The Hall–Kier alpha value is -1.84. The third kappa shape index (κ3) is 2.04. The lowest BCUT2D eigenvalue weighted by Gasteiger charge is -2.26. The zero-order valence-corrected chi connectivity index (χ0v) is 13.0. The molecule has 0 bridgehead atoms. The van der Waals surface area contributed by atoms with Crippen molar-refractivity contribution in [3.63, 3.8) is 0 Å². The average Bonchev–Trinajstić information content (AvgIpc) is 3.13. The highest BCUT2D eigenvalue weighted by Gasteiger charge is 2.38. The van der Waals surface area contributed by atoms with Crippen LogP contribution in [0.15, 0.2) is 12.1 Å². The molecule has 1 aromatic carbocycles. The summed E-state index contributed by atoms with van der Waals surface area (Å²) in [4.78, 5) is 26.6. The lowest BCUT2D eigenvalue weighted by molar-refractivity contribution is -0.120. The fourth-order valence-corrected chi connectivity index (χ4v) is 4.20. The largest absolute Gasteiger partial charge is 0.326 e. The first kappa shape index (κ1) is 13.8. The Morgan fingerprint density at radius 2 is 2.00 bits per heavy atom. The second-order valence-electron chi connectivity index (χ2n) is 6.86. The summed E-state index contributed by atoms with van der Waals surface area (Å²) in [5.41, 5.74) is 4.28. The lowest BCUT2D eigenvalue weighted by atomic mass is 9.95. The topological polar surface area (TPSA) is 49.4 Å². The van der Waals surface area contributed by atoms with Crippen LogP contribution >= 0.6 is 0 Å². The van der Waals surface area contributed by atoms with Gasteiger partial charge in [0.25, 0.3) is 0 Å². The van der Waals surface area contributed by atoms with E-state index >= 15 is 0 Å². The summed E-state index contributed by atoms with van der Waals surface area (Å²) < 4.78 is 0. The van der Waals surface area contributed by atoms with E-state index in [4.69, 9.17) is 0 Å². The van der Waals surface area contributed by atoms with Crippen LogP contribution < -0.4 is 10.2 Å². The molecule has 0 saturated heterocycles. The van der Waals surface area contributed by atoms with E-state index in [1.54, 1.807) is 0 Å². The molecule has 4 heteroatoms. The van der Waals surface area contributed by atoms with Crippen LogP contribution in [-0.4, -0.2) is 18.4 Å². The van der Waals surface area contributed by atoms with E-state index in [-0.39, 0.29) is 23.7 Å². The second-order valence-corrected chi connectivity index (χ2v) is 6.86. The van der Waals surface area contributed by atoms with E-state index in [2.05, 4.69) is 11.4 Å². The number of nitrogens with one attached hydrogen (secondary N) is 1. The molecule has 1 atom stereocenters. The van der Waals surface area contributed by atoms with E-state index in [1.165, 1.54) is 5.56 Å². The van der Waals surface area contributed by atoms with Crippen LogP contribution in [0.1, 0.15) is 56.1 Å². The average molecular weight is 298 g/mol. The number of anilines is 2.